The van der Waals surface area contributed by atoms with Crippen LogP contribution in [0.5, 0.6) is 0 Å². The van der Waals surface area contributed by atoms with Gasteiger partial charge in [0.15, 0.2) is 0 Å². The molecule has 1 heterocycles. The smallest absolute Gasteiger partial charge is 0.306 e. The molecule has 0 aliphatic carbocycles. The van der Waals surface area contributed by atoms with Crippen molar-refractivity contribution in [2.75, 3.05) is 16.8 Å². The minimum atomic E-state index is -0.134. The summed E-state index contributed by atoms with van der Waals surface area (Å²) in [6, 6.07) is 15.2. The fourth-order valence-corrected chi connectivity index (χ4v) is 2.67. The number of amides is 2. The van der Waals surface area contributed by atoms with E-state index >= 15 is 0 Å². The SMILES string of the molecule is O=C(Nc1ccccc1Cl)N1CCCc2ccccc21. The molecule has 3 nitrogen and oxygen atoms in total. The normalized spacial score (nSPS) is 13.8. The molecule has 1 aliphatic heterocycles. The second kappa shape index (κ2) is 5.55. The van der Waals surface area contributed by atoms with Gasteiger partial charge in [-0.3, -0.25) is 4.90 Å². The molecule has 0 fully saturated rings. The zero-order chi connectivity index (χ0) is 13.9. The molecule has 0 saturated heterocycles. The first-order valence-corrected chi connectivity index (χ1v) is 7.04. The zero-order valence-electron chi connectivity index (χ0n) is 11.0. The highest BCUT2D eigenvalue weighted by molar-refractivity contribution is 6.33. The monoisotopic (exact) mass is 286 g/mol. The van der Waals surface area contributed by atoms with E-state index < -0.39 is 0 Å². The van der Waals surface area contributed by atoms with Crippen molar-refractivity contribution in [2.45, 2.75) is 12.8 Å². The van der Waals surface area contributed by atoms with Crippen molar-refractivity contribution in [3.63, 3.8) is 0 Å². The lowest BCUT2D eigenvalue weighted by atomic mass is 10.0. The van der Waals surface area contributed by atoms with Gasteiger partial charge in [-0.25, -0.2) is 4.79 Å². The van der Waals surface area contributed by atoms with Gasteiger partial charge >= 0.3 is 6.03 Å². The van der Waals surface area contributed by atoms with Crippen LogP contribution in [-0.2, 0) is 6.42 Å². The molecule has 2 aromatic rings. The maximum Gasteiger partial charge on any atom is 0.326 e. The Morgan fingerprint density at radius 2 is 1.85 bits per heavy atom. The Kier molecular flexibility index (Phi) is 3.61. The highest BCUT2D eigenvalue weighted by Gasteiger charge is 2.22. The van der Waals surface area contributed by atoms with Crippen LogP contribution in [0.15, 0.2) is 48.5 Å². The first-order valence-electron chi connectivity index (χ1n) is 6.66. The third-order valence-electron chi connectivity index (χ3n) is 3.47. The predicted molar refractivity (Wildman–Crippen MR) is 82.6 cm³/mol. The van der Waals surface area contributed by atoms with Crippen LogP contribution in [0.25, 0.3) is 0 Å². The maximum atomic E-state index is 12.4. The molecule has 0 bridgehead atoms. The number of halogens is 1. The van der Waals surface area contributed by atoms with Crippen molar-refractivity contribution < 1.29 is 4.79 Å². The second-order valence-electron chi connectivity index (χ2n) is 4.79. The van der Waals surface area contributed by atoms with Gasteiger partial charge in [-0.1, -0.05) is 41.9 Å². The Hall–Kier alpha value is -2.00. The topological polar surface area (TPSA) is 32.3 Å². The van der Waals surface area contributed by atoms with Gasteiger partial charge in [-0.05, 0) is 36.6 Å². The van der Waals surface area contributed by atoms with Crippen molar-refractivity contribution in [3.8, 4) is 0 Å². The molecular weight excluding hydrogens is 272 g/mol. The van der Waals surface area contributed by atoms with Crippen LogP contribution < -0.4 is 10.2 Å². The Morgan fingerprint density at radius 1 is 1.10 bits per heavy atom. The molecular formula is C16H15ClN2O. The number of urea groups is 1. The van der Waals surface area contributed by atoms with E-state index in [0.717, 1.165) is 25.1 Å². The van der Waals surface area contributed by atoms with Gasteiger partial charge in [-0.2, -0.15) is 0 Å². The van der Waals surface area contributed by atoms with E-state index in [0.29, 0.717) is 10.7 Å². The molecule has 1 N–H and O–H groups in total. The van der Waals surface area contributed by atoms with Gasteiger partial charge in [0.2, 0.25) is 0 Å². The largest absolute Gasteiger partial charge is 0.326 e. The van der Waals surface area contributed by atoms with E-state index in [2.05, 4.69) is 11.4 Å². The summed E-state index contributed by atoms with van der Waals surface area (Å²) >= 11 is 6.07. The number of aryl methyl sites for hydroxylation is 1. The highest BCUT2D eigenvalue weighted by Crippen LogP contribution is 2.28. The summed E-state index contributed by atoms with van der Waals surface area (Å²) in [5.41, 5.74) is 2.85. The van der Waals surface area contributed by atoms with E-state index in [1.165, 1.54) is 5.56 Å². The molecule has 3 rings (SSSR count). The van der Waals surface area contributed by atoms with Gasteiger partial charge in [0.25, 0.3) is 0 Å². The lowest BCUT2D eigenvalue weighted by Gasteiger charge is -2.29. The summed E-state index contributed by atoms with van der Waals surface area (Å²) in [6.45, 7) is 0.729. The van der Waals surface area contributed by atoms with E-state index in [9.17, 15) is 4.79 Å². The first-order chi connectivity index (χ1) is 9.75. The minimum Gasteiger partial charge on any atom is -0.306 e. The average molecular weight is 287 g/mol. The molecule has 102 valence electrons. The number of carbonyl (C=O) groups is 1. The Labute approximate surface area is 123 Å². The number of hydrogen-bond donors (Lipinski definition) is 1. The molecule has 0 saturated carbocycles. The molecule has 20 heavy (non-hydrogen) atoms. The number of para-hydroxylation sites is 2. The number of nitrogens with one attached hydrogen (secondary N) is 1. The fourth-order valence-electron chi connectivity index (χ4n) is 2.49. The van der Waals surface area contributed by atoms with E-state index in [-0.39, 0.29) is 6.03 Å². The molecule has 0 aromatic heterocycles. The predicted octanol–water partition coefficient (Wildman–Crippen LogP) is 4.32. The molecule has 2 aromatic carbocycles. The quantitative estimate of drug-likeness (QED) is 0.832. The maximum absolute atomic E-state index is 12.4. The van der Waals surface area contributed by atoms with Crippen molar-refractivity contribution >= 4 is 29.0 Å². The van der Waals surface area contributed by atoms with Gasteiger partial charge in [-0.15, -0.1) is 0 Å². The lowest BCUT2D eigenvalue weighted by Crippen LogP contribution is -2.38. The molecule has 4 heteroatoms. The number of fused-ring (bicyclic) bond motifs is 1. The first kappa shape index (κ1) is 13.0. The van der Waals surface area contributed by atoms with Crippen molar-refractivity contribution in [2.24, 2.45) is 0 Å². The standard InChI is InChI=1S/C16H15ClN2O/c17-13-8-2-3-9-14(13)18-16(20)19-11-5-7-12-6-1-4-10-15(12)19/h1-4,6,8-10H,5,7,11H2,(H,18,20). The molecule has 0 atom stereocenters. The number of nitrogens with zero attached hydrogens (tertiary/aromatic N) is 1. The molecule has 2 amide bonds. The molecule has 0 radical (unpaired) electrons. The summed E-state index contributed by atoms with van der Waals surface area (Å²) < 4.78 is 0. The number of anilines is 2. The third kappa shape index (κ3) is 2.49. The lowest BCUT2D eigenvalue weighted by molar-refractivity contribution is 0.256. The van der Waals surface area contributed by atoms with Gasteiger partial charge in [0, 0.05) is 12.2 Å². The second-order valence-corrected chi connectivity index (χ2v) is 5.20. The third-order valence-corrected chi connectivity index (χ3v) is 3.80. The van der Waals surface area contributed by atoms with Crippen molar-refractivity contribution in [1.29, 1.82) is 0 Å². The van der Waals surface area contributed by atoms with Crippen LogP contribution in [0, 0.1) is 0 Å². The number of benzene rings is 2. The zero-order valence-corrected chi connectivity index (χ0v) is 11.7. The summed E-state index contributed by atoms with van der Waals surface area (Å²) in [5.74, 6) is 0. The number of carbonyl (C=O) groups excluding carboxylic acids is 1. The van der Waals surface area contributed by atoms with Crippen LogP contribution >= 0.6 is 11.6 Å². The van der Waals surface area contributed by atoms with Crippen LogP contribution in [-0.4, -0.2) is 12.6 Å². The van der Waals surface area contributed by atoms with Crippen LogP contribution in [0.4, 0.5) is 16.2 Å². The van der Waals surface area contributed by atoms with E-state index in [1.54, 1.807) is 17.0 Å². The highest BCUT2D eigenvalue weighted by atomic mass is 35.5. The van der Waals surface area contributed by atoms with Crippen molar-refractivity contribution in [3.05, 3.63) is 59.1 Å². The molecule has 0 spiro atoms. The Morgan fingerprint density at radius 3 is 2.70 bits per heavy atom. The van der Waals surface area contributed by atoms with Gasteiger partial charge < -0.3 is 5.32 Å². The average Bonchev–Trinajstić information content (AvgIpc) is 2.49. The molecule has 0 unspecified atom stereocenters. The molecule has 1 aliphatic rings. The van der Waals surface area contributed by atoms with Crippen molar-refractivity contribution in [1.82, 2.24) is 0 Å². The summed E-state index contributed by atoms with van der Waals surface area (Å²) in [6.07, 6.45) is 2.00. The van der Waals surface area contributed by atoms with Crippen LogP contribution in [0.2, 0.25) is 5.02 Å². The van der Waals surface area contributed by atoms with E-state index in [4.69, 9.17) is 11.6 Å². The van der Waals surface area contributed by atoms with Gasteiger partial charge in [0.05, 0.1) is 10.7 Å². The Bertz CT molecular complexity index is 642. The van der Waals surface area contributed by atoms with Crippen LogP contribution in [0.1, 0.15) is 12.0 Å². The van der Waals surface area contributed by atoms with Crippen LogP contribution in [0.3, 0.4) is 0 Å². The Balaban J connectivity index is 1.84. The minimum absolute atomic E-state index is 0.134. The van der Waals surface area contributed by atoms with E-state index in [1.807, 2.05) is 30.3 Å². The fraction of sp³-hybridized carbons (Fsp3) is 0.188. The number of rotatable bonds is 1. The summed E-state index contributed by atoms with van der Waals surface area (Å²) in [4.78, 5) is 14.2. The summed E-state index contributed by atoms with van der Waals surface area (Å²) in [5, 5.41) is 3.42. The number of hydrogen-bond acceptors (Lipinski definition) is 1. The summed E-state index contributed by atoms with van der Waals surface area (Å²) in [7, 11) is 0. The van der Waals surface area contributed by atoms with Gasteiger partial charge in [0.1, 0.15) is 0 Å².